The second kappa shape index (κ2) is 7.74. The maximum Gasteiger partial charge on any atom is 0.249 e. The zero-order valence-electron chi connectivity index (χ0n) is 14.9. The minimum Gasteiger partial charge on any atom is -0.497 e. The van der Waals surface area contributed by atoms with Crippen molar-refractivity contribution in [1.82, 2.24) is 8.61 Å². The molecule has 0 saturated carbocycles. The van der Waals surface area contributed by atoms with Crippen LogP contribution in [0.5, 0.6) is 5.75 Å². The van der Waals surface area contributed by atoms with E-state index in [1.807, 2.05) is 0 Å². The summed E-state index contributed by atoms with van der Waals surface area (Å²) in [6, 6.07) is 8.60. The Balaban J connectivity index is 1.78. The van der Waals surface area contributed by atoms with E-state index in [2.05, 4.69) is 0 Å². The second-order valence-electron chi connectivity index (χ2n) is 6.03. The van der Waals surface area contributed by atoms with Crippen LogP contribution in [0, 0.1) is 11.6 Å². The summed E-state index contributed by atoms with van der Waals surface area (Å²) >= 11 is 0. The Morgan fingerprint density at radius 1 is 0.786 bits per heavy atom. The first-order valence-electron chi connectivity index (χ1n) is 8.26. The van der Waals surface area contributed by atoms with Gasteiger partial charge in [0.2, 0.25) is 20.0 Å². The average Bonchev–Trinajstić information content (AvgIpc) is 2.68. The number of nitrogens with zero attached hydrogens (tertiary/aromatic N) is 2. The second-order valence-corrected chi connectivity index (χ2v) is 9.85. The Morgan fingerprint density at radius 2 is 1.25 bits per heavy atom. The number of piperazine rings is 1. The topological polar surface area (TPSA) is 84.0 Å². The summed E-state index contributed by atoms with van der Waals surface area (Å²) in [6.07, 6.45) is 0. The number of benzene rings is 2. The third kappa shape index (κ3) is 3.75. The van der Waals surface area contributed by atoms with Crippen molar-refractivity contribution in [2.24, 2.45) is 0 Å². The molecule has 0 aromatic heterocycles. The monoisotopic (exact) mass is 431 g/mol. The van der Waals surface area contributed by atoms with Gasteiger partial charge in [0.1, 0.15) is 17.4 Å². The molecule has 0 amide bonds. The van der Waals surface area contributed by atoms with Crippen LogP contribution in [-0.4, -0.2) is 58.7 Å². The first-order valence-corrected chi connectivity index (χ1v) is 11.1. The van der Waals surface area contributed by atoms with Gasteiger partial charge in [-0.15, -0.1) is 0 Å². The maximum absolute atomic E-state index is 13.9. The normalized spacial score (nSPS) is 16.8. The molecular formula is C17H18F2N2O5S2. The van der Waals surface area contributed by atoms with Crippen molar-refractivity contribution in [3.8, 4) is 5.75 Å². The molecule has 0 aliphatic carbocycles. The van der Waals surface area contributed by atoms with Gasteiger partial charge in [-0.2, -0.15) is 8.61 Å². The predicted molar refractivity (Wildman–Crippen MR) is 96.9 cm³/mol. The SMILES string of the molecule is COc1ccc(S(=O)(=O)N2CCN(S(=O)(=O)c3c(F)cccc3[18F])CC2)cc1. The van der Waals surface area contributed by atoms with Gasteiger partial charge in [-0.1, -0.05) is 6.07 Å². The van der Waals surface area contributed by atoms with Crippen molar-refractivity contribution in [2.45, 2.75) is 9.79 Å². The fraction of sp³-hybridized carbons (Fsp3) is 0.294. The van der Waals surface area contributed by atoms with Crippen molar-refractivity contribution in [3.05, 3.63) is 54.1 Å². The Kier molecular flexibility index (Phi) is 5.71. The molecule has 0 radical (unpaired) electrons. The summed E-state index contributed by atoms with van der Waals surface area (Å²) in [5.41, 5.74) is 0. The van der Waals surface area contributed by atoms with E-state index in [0.717, 1.165) is 26.8 Å². The van der Waals surface area contributed by atoms with Crippen LogP contribution in [0.25, 0.3) is 0 Å². The lowest BCUT2D eigenvalue weighted by atomic mass is 10.3. The first kappa shape index (κ1) is 20.6. The Bertz CT molecular complexity index is 1040. The van der Waals surface area contributed by atoms with Crippen molar-refractivity contribution in [2.75, 3.05) is 33.3 Å². The number of halogens is 2. The fourth-order valence-electron chi connectivity index (χ4n) is 2.91. The summed E-state index contributed by atoms with van der Waals surface area (Å²) in [7, 11) is -6.79. The quantitative estimate of drug-likeness (QED) is 0.719. The largest absolute Gasteiger partial charge is 0.497 e. The van der Waals surface area contributed by atoms with Gasteiger partial charge in [-0.25, -0.2) is 25.6 Å². The molecule has 11 heteroatoms. The van der Waals surface area contributed by atoms with Crippen molar-refractivity contribution in [1.29, 1.82) is 0 Å². The van der Waals surface area contributed by atoms with Gasteiger partial charge in [0.25, 0.3) is 0 Å². The van der Waals surface area contributed by atoms with Crippen LogP contribution in [0.1, 0.15) is 0 Å². The van der Waals surface area contributed by atoms with Crippen LogP contribution in [0.3, 0.4) is 0 Å². The molecule has 152 valence electrons. The zero-order valence-corrected chi connectivity index (χ0v) is 16.5. The molecule has 0 unspecified atom stereocenters. The molecule has 0 N–H and O–H groups in total. The lowest BCUT2D eigenvalue weighted by molar-refractivity contribution is 0.271. The number of hydrogen-bond donors (Lipinski definition) is 0. The highest BCUT2D eigenvalue weighted by Crippen LogP contribution is 2.25. The number of ether oxygens (including phenoxy) is 1. The highest BCUT2D eigenvalue weighted by molar-refractivity contribution is 7.89. The zero-order chi connectivity index (χ0) is 20.5. The van der Waals surface area contributed by atoms with Gasteiger partial charge in [-0.05, 0) is 36.4 Å². The number of sulfonamides is 2. The maximum atomic E-state index is 13.9. The molecule has 0 bridgehead atoms. The molecular weight excluding hydrogens is 413 g/mol. The molecule has 1 heterocycles. The molecule has 28 heavy (non-hydrogen) atoms. The highest BCUT2D eigenvalue weighted by atomic mass is 32.2. The number of methoxy groups -OCH3 is 1. The molecule has 1 aliphatic rings. The van der Waals surface area contributed by atoms with E-state index in [-0.39, 0.29) is 31.1 Å². The lowest BCUT2D eigenvalue weighted by Crippen LogP contribution is -2.50. The van der Waals surface area contributed by atoms with Gasteiger partial charge in [-0.3, -0.25) is 0 Å². The van der Waals surface area contributed by atoms with E-state index in [1.165, 1.54) is 31.4 Å². The van der Waals surface area contributed by atoms with Gasteiger partial charge in [0.05, 0.1) is 12.0 Å². The molecule has 1 saturated heterocycles. The van der Waals surface area contributed by atoms with E-state index in [4.69, 9.17) is 4.74 Å². The summed E-state index contributed by atoms with van der Waals surface area (Å²) in [4.78, 5) is -0.980. The van der Waals surface area contributed by atoms with Crippen LogP contribution in [-0.2, 0) is 20.0 Å². The summed E-state index contributed by atoms with van der Waals surface area (Å²) in [6.45, 7) is -0.704. The Labute approximate surface area is 162 Å². The summed E-state index contributed by atoms with van der Waals surface area (Å²) in [5.74, 6) is -1.87. The summed E-state index contributed by atoms with van der Waals surface area (Å²) in [5, 5.41) is 0. The molecule has 7 nitrogen and oxygen atoms in total. The van der Waals surface area contributed by atoms with Crippen molar-refractivity contribution >= 4 is 20.0 Å². The number of hydrogen-bond acceptors (Lipinski definition) is 5. The van der Waals surface area contributed by atoms with E-state index in [9.17, 15) is 25.6 Å². The minimum absolute atomic E-state index is 0.0461. The van der Waals surface area contributed by atoms with Crippen LogP contribution in [0.2, 0.25) is 0 Å². The molecule has 1 fully saturated rings. The standard InChI is InChI=1S/C17H18F2N2O5S2/c1-26-13-5-7-14(8-6-13)27(22,23)20-9-11-21(12-10-20)28(24,25)17-15(18)3-2-4-16(17)19/h2-8H,9-12H2,1H3/i18-1. The smallest absolute Gasteiger partial charge is 0.249 e. The van der Waals surface area contributed by atoms with Crippen LogP contribution in [0.15, 0.2) is 52.3 Å². The van der Waals surface area contributed by atoms with Gasteiger partial charge in [0, 0.05) is 26.2 Å². The molecule has 0 atom stereocenters. The molecule has 2 aromatic carbocycles. The first-order chi connectivity index (χ1) is 13.2. The minimum atomic E-state index is -4.42. The molecule has 3 rings (SSSR count). The van der Waals surface area contributed by atoms with Gasteiger partial charge in [0.15, 0.2) is 4.90 Å². The molecule has 0 spiro atoms. The van der Waals surface area contributed by atoms with E-state index in [0.29, 0.717) is 5.75 Å². The van der Waals surface area contributed by atoms with Crippen LogP contribution >= 0.6 is 0 Å². The third-order valence-corrected chi connectivity index (χ3v) is 8.28. The highest BCUT2D eigenvalue weighted by Gasteiger charge is 2.36. The van der Waals surface area contributed by atoms with E-state index in [1.54, 1.807) is 0 Å². The fourth-order valence-corrected chi connectivity index (χ4v) is 5.86. The van der Waals surface area contributed by atoms with Crippen molar-refractivity contribution < 1.29 is 30.4 Å². The molecule has 1 aliphatic heterocycles. The predicted octanol–water partition coefficient (Wildman–Crippen LogP) is 1.67. The van der Waals surface area contributed by atoms with E-state index < -0.39 is 36.6 Å². The Hall–Kier alpha value is -2.08. The van der Waals surface area contributed by atoms with Crippen LogP contribution < -0.4 is 4.74 Å². The number of rotatable bonds is 5. The van der Waals surface area contributed by atoms with Gasteiger partial charge >= 0.3 is 0 Å². The third-order valence-electron chi connectivity index (χ3n) is 4.41. The average molecular weight is 431 g/mol. The van der Waals surface area contributed by atoms with Crippen LogP contribution in [0.4, 0.5) is 8.78 Å². The van der Waals surface area contributed by atoms with Crippen molar-refractivity contribution in [3.63, 3.8) is 0 Å². The Morgan fingerprint density at radius 3 is 1.71 bits per heavy atom. The lowest BCUT2D eigenvalue weighted by Gasteiger charge is -2.33. The summed E-state index contributed by atoms with van der Waals surface area (Å²) < 4.78 is 85.4. The van der Waals surface area contributed by atoms with Gasteiger partial charge < -0.3 is 4.74 Å². The molecule has 2 aromatic rings. The van der Waals surface area contributed by atoms with E-state index >= 15 is 0 Å².